The van der Waals surface area contributed by atoms with Crippen molar-refractivity contribution in [1.29, 1.82) is 0 Å². The van der Waals surface area contributed by atoms with Gasteiger partial charge in [0.15, 0.2) is 0 Å². The summed E-state index contributed by atoms with van der Waals surface area (Å²) in [6, 6.07) is 12.3. The van der Waals surface area contributed by atoms with Crippen molar-refractivity contribution in [2.24, 2.45) is 0 Å². The molecular formula is C22H28N4O. The highest BCUT2D eigenvalue weighted by Crippen LogP contribution is 2.16. The maximum absolute atomic E-state index is 12.9. The van der Waals surface area contributed by atoms with Gasteiger partial charge in [-0.15, -0.1) is 0 Å². The number of hydrogen-bond acceptors (Lipinski definition) is 4. The molecule has 0 radical (unpaired) electrons. The molecule has 1 aromatic heterocycles. The number of benzene rings is 1. The largest absolute Gasteiger partial charge is 0.336 e. The summed E-state index contributed by atoms with van der Waals surface area (Å²) in [6.45, 7) is 7.61. The Balaban J connectivity index is 1.32. The summed E-state index contributed by atoms with van der Waals surface area (Å²) in [5, 5.41) is 0. The summed E-state index contributed by atoms with van der Waals surface area (Å²) in [4.78, 5) is 24.0. The van der Waals surface area contributed by atoms with Crippen LogP contribution in [-0.4, -0.2) is 64.9 Å². The predicted octanol–water partition coefficient (Wildman–Crippen LogP) is 2.64. The Labute approximate surface area is 161 Å². The van der Waals surface area contributed by atoms with Crippen molar-refractivity contribution in [3.63, 3.8) is 0 Å². The van der Waals surface area contributed by atoms with E-state index in [0.29, 0.717) is 0 Å². The van der Waals surface area contributed by atoms with E-state index < -0.39 is 0 Å². The van der Waals surface area contributed by atoms with E-state index in [1.807, 2.05) is 29.3 Å². The molecule has 5 nitrogen and oxygen atoms in total. The molecule has 27 heavy (non-hydrogen) atoms. The van der Waals surface area contributed by atoms with Gasteiger partial charge in [-0.1, -0.05) is 18.2 Å². The second-order valence-electron chi connectivity index (χ2n) is 7.61. The molecule has 0 bridgehead atoms. The molecule has 3 heterocycles. The van der Waals surface area contributed by atoms with Gasteiger partial charge in [0.2, 0.25) is 0 Å². The van der Waals surface area contributed by atoms with E-state index in [9.17, 15) is 4.79 Å². The van der Waals surface area contributed by atoms with Gasteiger partial charge in [0, 0.05) is 57.2 Å². The average molecular weight is 364 g/mol. The van der Waals surface area contributed by atoms with E-state index in [-0.39, 0.29) is 5.91 Å². The summed E-state index contributed by atoms with van der Waals surface area (Å²) >= 11 is 0. The van der Waals surface area contributed by atoms with Gasteiger partial charge in [-0.25, -0.2) is 0 Å². The minimum absolute atomic E-state index is 0.166. The van der Waals surface area contributed by atoms with Crippen LogP contribution in [0, 0.1) is 0 Å². The Morgan fingerprint density at radius 1 is 0.852 bits per heavy atom. The van der Waals surface area contributed by atoms with Crippen molar-refractivity contribution in [3.05, 3.63) is 65.5 Å². The van der Waals surface area contributed by atoms with Gasteiger partial charge in [0.05, 0.1) is 0 Å². The summed E-state index contributed by atoms with van der Waals surface area (Å²) < 4.78 is 0. The van der Waals surface area contributed by atoms with E-state index >= 15 is 0 Å². The van der Waals surface area contributed by atoms with Gasteiger partial charge in [0.25, 0.3) is 5.91 Å². The number of nitrogens with zero attached hydrogens (tertiary/aromatic N) is 4. The second-order valence-corrected chi connectivity index (χ2v) is 7.61. The SMILES string of the molecule is O=C(c1cccc(CN2CCCC2)c1)N1CCN(Cc2cccnc2)CC1. The van der Waals surface area contributed by atoms with Crippen molar-refractivity contribution in [1.82, 2.24) is 19.7 Å². The first-order valence-electron chi connectivity index (χ1n) is 10.00. The highest BCUT2D eigenvalue weighted by atomic mass is 16.2. The molecule has 2 fully saturated rings. The molecule has 2 aliphatic rings. The molecule has 4 rings (SSSR count). The van der Waals surface area contributed by atoms with Crippen molar-refractivity contribution < 1.29 is 4.79 Å². The molecule has 2 aromatic rings. The molecule has 0 saturated carbocycles. The standard InChI is InChI=1S/C22H28N4O/c27-22(21-7-3-5-19(15-21)17-24-9-1-2-10-24)26-13-11-25(12-14-26)18-20-6-4-8-23-16-20/h3-8,15-16H,1-2,9-14,17-18H2. The van der Waals surface area contributed by atoms with Crippen LogP contribution in [0.4, 0.5) is 0 Å². The number of aromatic nitrogens is 1. The van der Waals surface area contributed by atoms with Gasteiger partial charge < -0.3 is 4.90 Å². The van der Waals surface area contributed by atoms with E-state index in [1.165, 1.54) is 37.1 Å². The molecule has 0 spiro atoms. The fraction of sp³-hybridized carbons (Fsp3) is 0.455. The van der Waals surface area contributed by atoms with Gasteiger partial charge in [-0.3, -0.25) is 19.6 Å². The van der Waals surface area contributed by atoms with Gasteiger partial charge in [0.1, 0.15) is 0 Å². The maximum atomic E-state index is 12.9. The Kier molecular flexibility index (Phi) is 5.80. The predicted molar refractivity (Wildman–Crippen MR) is 106 cm³/mol. The van der Waals surface area contributed by atoms with Crippen LogP contribution in [-0.2, 0) is 13.1 Å². The van der Waals surface area contributed by atoms with Gasteiger partial charge in [-0.2, -0.15) is 0 Å². The molecule has 142 valence electrons. The van der Waals surface area contributed by atoms with Crippen LogP contribution in [0.1, 0.15) is 34.3 Å². The van der Waals surface area contributed by atoms with Crippen molar-refractivity contribution in [2.75, 3.05) is 39.3 Å². The fourth-order valence-electron chi connectivity index (χ4n) is 4.04. The van der Waals surface area contributed by atoms with Crippen LogP contribution in [0.3, 0.4) is 0 Å². The number of hydrogen-bond donors (Lipinski definition) is 0. The summed E-state index contributed by atoms with van der Waals surface area (Å²) in [7, 11) is 0. The van der Waals surface area contributed by atoms with Crippen LogP contribution in [0.2, 0.25) is 0 Å². The summed E-state index contributed by atoms with van der Waals surface area (Å²) in [5.74, 6) is 0.166. The van der Waals surface area contributed by atoms with Crippen molar-refractivity contribution in [3.8, 4) is 0 Å². The molecule has 1 aromatic carbocycles. The second kappa shape index (κ2) is 8.63. The number of likely N-dealkylation sites (tertiary alicyclic amines) is 1. The molecule has 0 atom stereocenters. The van der Waals surface area contributed by atoms with E-state index in [4.69, 9.17) is 0 Å². The van der Waals surface area contributed by atoms with E-state index in [1.54, 1.807) is 6.20 Å². The first kappa shape index (κ1) is 18.1. The van der Waals surface area contributed by atoms with Crippen LogP contribution in [0.5, 0.6) is 0 Å². The molecule has 5 heteroatoms. The first-order chi connectivity index (χ1) is 13.3. The monoisotopic (exact) mass is 364 g/mol. The number of piperazine rings is 1. The lowest BCUT2D eigenvalue weighted by atomic mass is 10.1. The first-order valence-corrected chi connectivity index (χ1v) is 10.00. The molecule has 0 aliphatic carbocycles. The van der Waals surface area contributed by atoms with E-state index in [0.717, 1.165) is 44.8 Å². The summed E-state index contributed by atoms with van der Waals surface area (Å²) in [5.41, 5.74) is 3.30. The zero-order valence-corrected chi connectivity index (χ0v) is 15.9. The lowest BCUT2D eigenvalue weighted by Gasteiger charge is -2.34. The Morgan fingerprint density at radius 3 is 2.30 bits per heavy atom. The zero-order chi connectivity index (χ0) is 18.5. The molecule has 2 saturated heterocycles. The third-order valence-electron chi connectivity index (χ3n) is 5.57. The number of carbonyl (C=O) groups is 1. The Hall–Kier alpha value is -2.24. The zero-order valence-electron chi connectivity index (χ0n) is 15.9. The Morgan fingerprint density at radius 2 is 1.56 bits per heavy atom. The maximum Gasteiger partial charge on any atom is 0.253 e. The third kappa shape index (κ3) is 4.73. The number of amides is 1. The smallest absolute Gasteiger partial charge is 0.253 e. The normalized spacial score (nSPS) is 18.7. The number of carbonyl (C=O) groups excluding carboxylic acids is 1. The highest BCUT2D eigenvalue weighted by molar-refractivity contribution is 5.94. The number of pyridine rings is 1. The molecule has 0 N–H and O–H groups in total. The van der Waals surface area contributed by atoms with Crippen LogP contribution in [0.25, 0.3) is 0 Å². The third-order valence-corrected chi connectivity index (χ3v) is 5.57. The lowest BCUT2D eigenvalue weighted by Crippen LogP contribution is -2.48. The molecule has 0 unspecified atom stereocenters. The quantitative estimate of drug-likeness (QED) is 0.818. The van der Waals surface area contributed by atoms with Crippen LogP contribution in [0.15, 0.2) is 48.8 Å². The molecule has 1 amide bonds. The minimum atomic E-state index is 0.166. The fourth-order valence-corrected chi connectivity index (χ4v) is 4.04. The summed E-state index contributed by atoms with van der Waals surface area (Å²) in [6.07, 6.45) is 6.31. The van der Waals surface area contributed by atoms with Gasteiger partial charge >= 0.3 is 0 Å². The van der Waals surface area contributed by atoms with Crippen molar-refractivity contribution in [2.45, 2.75) is 25.9 Å². The molecule has 2 aliphatic heterocycles. The van der Waals surface area contributed by atoms with Crippen LogP contribution >= 0.6 is 0 Å². The minimum Gasteiger partial charge on any atom is -0.336 e. The highest BCUT2D eigenvalue weighted by Gasteiger charge is 2.22. The average Bonchev–Trinajstić information content (AvgIpc) is 3.22. The molecular weight excluding hydrogens is 336 g/mol. The van der Waals surface area contributed by atoms with Crippen LogP contribution < -0.4 is 0 Å². The van der Waals surface area contributed by atoms with E-state index in [2.05, 4.69) is 33.0 Å². The lowest BCUT2D eigenvalue weighted by molar-refractivity contribution is 0.0628. The van der Waals surface area contributed by atoms with Crippen molar-refractivity contribution >= 4 is 5.91 Å². The number of rotatable bonds is 5. The topological polar surface area (TPSA) is 39.7 Å². The Bertz CT molecular complexity index is 750. The van der Waals surface area contributed by atoms with Gasteiger partial charge in [-0.05, 0) is 55.3 Å².